The van der Waals surface area contributed by atoms with Crippen LogP contribution in [-0.2, 0) is 14.8 Å². The van der Waals surface area contributed by atoms with Gasteiger partial charge in [0, 0.05) is 13.5 Å². The number of hydrogen-bond donors (Lipinski definition) is 4. The maximum absolute atomic E-state index is 12.2. The van der Waals surface area contributed by atoms with Gasteiger partial charge in [0.15, 0.2) is 5.82 Å². The topological polar surface area (TPSA) is 152 Å². The highest BCUT2D eigenvalue weighted by molar-refractivity contribution is 7.93. The number of anilines is 3. The fraction of sp³-hybridized carbons (Fsp3) is 0.579. The Balaban J connectivity index is 1.91. The van der Waals surface area contributed by atoms with Crippen LogP contribution in [0.15, 0.2) is 12.3 Å². The summed E-state index contributed by atoms with van der Waals surface area (Å²) in [7, 11) is -3.40. The Morgan fingerprint density at radius 3 is 2.70 bits per heavy atom. The summed E-state index contributed by atoms with van der Waals surface area (Å²) < 4.78 is 27.0. The van der Waals surface area contributed by atoms with Crippen molar-refractivity contribution in [3.8, 4) is 0 Å². The Morgan fingerprint density at radius 1 is 1.33 bits per heavy atom. The Labute approximate surface area is 176 Å². The van der Waals surface area contributed by atoms with Gasteiger partial charge in [-0.3, -0.25) is 9.52 Å². The van der Waals surface area contributed by atoms with E-state index in [1.54, 1.807) is 6.07 Å². The van der Waals surface area contributed by atoms with Crippen LogP contribution in [0, 0.1) is 0 Å². The van der Waals surface area contributed by atoms with Crippen LogP contribution in [0.2, 0.25) is 0 Å². The molecule has 0 unspecified atom stereocenters. The quantitative estimate of drug-likeness (QED) is 0.442. The van der Waals surface area contributed by atoms with E-state index in [0.29, 0.717) is 41.9 Å². The molecule has 1 atom stereocenters. The van der Waals surface area contributed by atoms with Crippen molar-refractivity contribution in [3.05, 3.63) is 12.3 Å². The molecule has 1 saturated carbocycles. The molecule has 10 nitrogen and oxygen atoms in total. The Bertz CT molecular complexity index is 1040. The minimum absolute atomic E-state index is 0.0476. The van der Waals surface area contributed by atoms with E-state index in [1.165, 1.54) is 13.1 Å². The SMILES string of the molecule is CCCC[C@](C)(CNC(C)=O)Nc1nc(N)nc2cc(NS(=O)(=O)C3CC3)cnc12. The second kappa shape index (κ2) is 8.58. The molecular weight excluding hydrogens is 406 g/mol. The first-order valence-electron chi connectivity index (χ1n) is 10.1. The zero-order chi connectivity index (χ0) is 21.9. The first-order chi connectivity index (χ1) is 14.1. The van der Waals surface area contributed by atoms with Gasteiger partial charge in [-0.05, 0) is 32.3 Å². The summed E-state index contributed by atoms with van der Waals surface area (Å²) in [5.41, 5.74) is 6.68. The van der Waals surface area contributed by atoms with Crippen molar-refractivity contribution in [1.29, 1.82) is 0 Å². The number of aromatic nitrogens is 3. The lowest BCUT2D eigenvalue weighted by Gasteiger charge is -2.32. The molecule has 1 aliphatic carbocycles. The van der Waals surface area contributed by atoms with Gasteiger partial charge in [-0.15, -0.1) is 0 Å². The minimum atomic E-state index is -3.40. The summed E-state index contributed by atoms with van der Waals surface area (Å²) in [5, 5.41) is 5.90. The Morgan fingerprint density at radius 2 is 2.07 bits per heavy atom. The third kappa shape index (κ3) is 5.47. The number of amides is 1. The highest BCUT2D eigenvalue weighted by Gasteiger charge is 2.36. The van der Waals surface area contributed by atoms with E-state index in [2.05, 4.69) is 37.2 Å². The average Bonchev–Trinajstić information content (AvgIpc) is 3.50. The predicted molar refractivity (Wildman–Crippen MR) is 118 cm³/mol. The van der Waals surface area contributed by atoms with Gasteiger partial charge < -0.3 is 16.4 Å². The summed E-state index contributed by atoms with van der Waals surface area (Å²) in [6.07, 6.45) is 5.56. The monoisotopic (exact) mass is 435 g/mol. The summed E-state index contributed by atoms with van der Waals surface area (Å²) >= 11 is 0. The first kappa shape index (κ1) is 22.0. The molecule has 1 aliphatic rings. The summed E-state index contributed by atoms with van der Waals surface area (Å²) in [5.74, 6) is 0.377. The molecule has 30 heavy (non-hydrogen) atoms. The van der Waals surface area contributed by atoms with Crippen LogP contribution in [-0.4, -0.2) is 46.6 Å². The molecule has 0 aromatic carbocycles. The molecule has 0 radical (unpaired) electrons. The smallest absolute Gasteiger partial charge is 0.235 e. The summed E-state index contributed by atoms with van der Waals surface area (Å²) in [6.45, 7) is 5.99. The molecule has 0 saturated heterocycles. The van der Waals surface area contributed by atoms with Gasteiger partial charge in [0.25, 0.3) is 0 Å². The molecule has 0 bridgehead atoms. The molecular formula is C19H29N7O3S. The number of fused-ring (bicyclic) bond motifs is 1. The molecule has 1 fully saturated rings. The largest absolute Gasteiger partial charge is 0.368 e. The van der Waals surface area contributed by atoms with Crippen molar-refractivity contribution >= 4 is 44.4 Å². The van der Waals surface area contributed by atoms with Crippen LogP contribution < -0.4 is 21.1 Å². The molecule has 3 rings (SSSR count). The van der Waals surface area contributed by atoms with Crippen molar-refractivity contribution in [2.45, 2.75) is 63.7 Å². The number of nitrogens with two attached hydrogens (primary N) is 1. The zero-order valence-corrected chi connectivity index (χ0v) is 18.3. The fourth-order valence-corrected chi connectivity index (χ4v) is 4.54. The van der Waals surface area contributed by atoms with E-state index in [-0.39, 0.29) is 17.1 Å². The number of pyridine rings is 1. The predicted octanol–water partition coefficient (Wildman–Crippen LogP) is 2.01. The molecule has 2 heterocycles. The lowest BCUT2D eigenvalue weighted by Crippen LogP contribution is -2.46. The van der Waals surface area contributed by atoms with Crippen molar-refractivity contribution < 1.29 is 13.2 Å². The molecule has 164 valence electrons. The number of carbonyl (C=O) groups excluding carboxylic acids is 1. The Hall–Kier alpha value is -2.69. The van der Waals surface area contributed by atoms with Gasteiger partial charge in [-0.25, -0.2) is 18.4 Å². The van der Waals surface area contributed by atoms with Gasteiger partial charge >= 0.3 is 0 Å². The first-order valence-corrected chi connectivity index (χ1v) is 11.6. The second-order valence-electron chi connectivity index (χ2n) is 8.07. The van der Waals surface area contributed by atoms with Gasteiger partial charge in [0.2, 0.25) is 21.9 Å². The molecule has 2 aromatic rings. The number of sulfonamides is 1. The van der Waals surface area contributed by atoms with Crippen molar-refractivity contribution in [3.63, 3.8) is 0 Å². The number of hydrogen-bond acceptors (Lipinski definition) is 8. The van der Waals surface area contributed by atoms with Crippen molar-refractivity contribution in [1.82, 2.24) is 20.3 Å². The molecule has 1 amide bonds. The highest BCUT2D eigenvalue weighted by atomic mass is 32.2. The van der Waals surface area contributed by atoms with E-state index in [9.17, 15) is 13.2 Å². The Kier molecular flexibility index (Phi) is 6.30. The van der Waals surface area contributed by atoms with Crippen LogP contribution in [0.5, 0.6) is 0 Å². The van der Waals surface area contributed by atoms with E-state index < -0.39 is 15.6 Å². The number of rotatable bonds is 10. The van der Waals surface area contributed by atoms with Gasteiger partial charge in [-0.2, -0.15) is 4.98 Å². The standard InChI is InChI=1S/C19H29N7O3S/c1-4-5-8-19(3,11-22-12(2)27)25-17-16-15(23-18(20)24-17)9-13(10-21-16)26-30(28,29)14-6-7-14/h9-10,14,26H,4-8,11H2,1-3H3,(H,22,27)(H3,20,23,24,25)/t19-/m1/s1. The van der Waals surface area contributed by atoms with Crippen molar-refractivity contribution in [2.24, 2.45) is 0 Å². The number of nitrogen functional groups attached to an aromatic ring is 1. The van der Waals surface area contributed by atoms with Crippen LogP contribution in [0.25, 0.3) is 11.0 Å². The fourth-order valence-electron chi connectivity index (χ4n) is 3.17. The van der Waals surface area contributed by atoms with E-state index >= 15 is 0 Å². The third-order valence-corrected chi connectivity index (χ3v) is 6.88. The number of unbranched alkanes of at least 4 members (excludes halogenated alkanes) is 1. The maximum atomic E-state index is 12.2. The average molecular weight is 436 g/mol. The second-order valence-corrected chi connectivity index (χ2v) is 10.0. The normalized spacial score (nSPS) is 16.1. The van der Waals surface area contributed by atoms with E-state index in [1.807, 2.05) is 6.92 Å². The molecule has 11 heteroatoms. The zero-order valence-electron chi connectivity index (χ0n) is 17.5. The highest BCUT2D eigenvalue weighted by Crippen LogP contribution is 2.31. The number of nitrogens with one attached hydrogen (secondary N) is 3. The third-order valence-electron chi connectivity index (χ3n) is 5.01. The lowest BCUT2D eigenvalue weighted by molar-refractivity contribution is -0.119. The van der Waals surface area contributed by atoms with Gasteiger partial charge in [0.05, 0.1) is 28.2 Å². The summed E-state index contributed by atoms with van der Waals surface area (Å²) in [4.78, 5) is 24.3. The lowest BCUT2D eigenvalue weighted by atomic mass is 9.94. The maximum Gasteiger partial charge on any atom is 0.235 e. The van der Waals surface area contributed by atoms with Crippen LogP contribution >= 0.6 is 0 Å². The van der Waals surface area contributed by atoms with Crippen LogP contribution in [0.3, 0.4) is 0 Å². The minimum Gasteiger partial charge on any atom is -0.368 e. The van der Waals surface area contributed by atoms with E-state index in [0.717, 1.165) is 19.3 Å². The molecule has 0 spiro atoms. The molecule has 5 N–H and O–H groups in total. The number of nitrogens with zero attached hydrogens (tertiary/aromatic N) is 3. The van der Waals surface area contributed by atoms with Crippen molar-refractivity contribution in [2.75, 3.05) is 22.3 Å². The van der Waals surface area contributed by atoms with Crippen LogP contribution in [0.4, 0.5) is 17.5 Å². The van der Waals surface area contributed by atoms with Gasteiger partial charge in [-0.1, -0.05) is 19.8 Å². The summed E-state index contributed by atoms with van der Waals surface area (Å²) in [6, 6.07) is 1.60. The molecule has 2 aromatic heterocycles. The van der Waals surface area contributed by atoms with Crippen LogP contribution in [0.1, 0.15) is 52.9 Å². The van der Waals surface area contributed by atoms with Gasteiger partial charge in [0.1, 0.15) is 5.52 Å². The molecule has 0 aliphatic heterocycles. The van der Waals surface area contributed by atoms with E-state index in [4.69, 9.17) is 5.73 Å². The number of carbonyl (C=O) groups is 1.